The summed E-state index contributed by atoms with van der Waals surface area (Å²) in [5, 5.41) is 9.54. The molecule has 1 aliphatic heterocycles. The highest BCUT2D eigenvalue weighted by Gasteiger charge is 2.34. The first kappa shape index (κ1) is 16.0. The first-order valence-electron chi connectivity index (χ1n) is 6.55. The Balaban J connectivity index is 2.12. The lowest BCUT2D eigenvalue weighted by Gasteiger charge is -2.18. The van der Waals surface area contributed by atoms with E-state index in [-0.39, 0.29) is 11.7 Å². The molecular weight excluding hydrogens is 304 g/mol. The van der Waals surface area contributed by atoms with E-state index in [9.17, 15) is 13.6 Å². The van der Waals surface area contributed by atoms with E-state index in [0.717, 1.165) is 0 Å². The zero-order valence-electron chi connectivity index (χ0n) is 11.4. The minimum Gasteiger partial charge on any atom is -0.481 e. The molecule has 1 heterocycles. The highest BCUT2D eigenvalue weighted by Crippen LogP contribution is 2.29. The average Bonchev–Trinajstić information content (AvgIpc) is 2.73. The van der Waals surface area contributed by atoms with Crippen molar-refractivity contribution in [3.8, 4) is 5.75 Å². The van der Waals surface area contributed by atoms with Gasteiger partial charge in [-0.15, -0.1) is 0 Å². The maximum Gasteiger partial charge on any atom is 0.387 e. The molecule has 0 radical (unpaired) electrons. The second-order valence-corrected chi connectivity index (χ2v) is 5.68. The van der Waals surface area contributed by atoms with Crippen LogP contribution in [0.1, 0.15) is 12.5 Å². The Kier molecular flexibility index (Phi) is 5.00. The molecule has 0 spiro atoms. The summed E-state index contributed by atoms with van der Waals surface area (Å²) in [6.45, 7) is 0.271. The minimum atomic E-state index is -2.91. The Morgan fingerprint density at radius 2 is 2.24 bits per heavy atom. The Morgan fingerprint density at radius 3 is 2.81 bits per heavy atom. The molecule has 0 unspecified atom stereocenters. The summed E-state index contributed by atoms with van der Waals surface area (Å²) in [5.74, 6) is -1.19. The van der Waals surface area contributed by atoms with E-state index in [2.05, 4.69) is 4.74 Å². The van der Waals surface area contributed by atoms with Gasteiger partial charge in [0.25, 0.3) is 0 Å². The Labute approximate surface area is 126 Å². The van der Waals surface area contributed by atoms with Gasteiger partial charge < -0.3 is 9.84 Å². The third kappa shape index (κ3) is 4.04. The van der Waals surface area contributed by atoms with E-state index in [1.54, 1.807) is 6.07 Å². The van der Waals surface area contributed by atoms with Crippen molar-refractivity contribution in [1.29, 1.82) is 0 Å². The second-order valence-electron chi connectivity index (χ2n) is 5.25. The van der Waals surface area contributed by atoms with Gasteiger partial charge in [-0.05, 0) is 24.1 Å². The third-order valence-electron chi connectivity index (χ3n) is 3.64. The van der Waals surface area contributed by atoms with Crippen LogP contribution in [0.3, 0.4) is 0 Å². The molecule has 0 aromatic heterocycles. The second kappa shape index (κ2) is 6.58. The van der Waals surface area contributed by atoms with E-state index in [4.69, 9.17) is 16.7 Å². The average molecular weight is 320 g/mol. The van der Waals surface area contributed by atoms with Crippen LogP contribution in [-0.4, -0.2) is 35.7 Å². The third-order valence-corrected chi connectivity index (χ3v) is 3.87. The van der Waals surface area contributed by atoms with E-state index >= 15 is 0 Å². The van der Waals surface area contributed by atoms with Crippen LogP contribution in [0.4, 0.5) is 8.78 Å². The van der Waals surface area contributed by atoms with Crippen LogP contribution < -0.4 is 4.74 Å². The molecule has 1 aromatic rings. The molecule has 0 saturated carbocycles. The molecule has 2 rings (SSSR count). The van der Waals surface area contributed by atoms with Crippen molar-refractivity contribution in [1.82, 2.24) is 4.90 Å². The molecule has 1 saturated heterocycles. The summed E-state index contributed by atoms with van der Waals surface area (Å²) in [6.07, 6.45) is 0. The van der Waals surface area contributed by atoms with E-state index in [1.165, 1.54) is 12.1 Å². The van der Waals surface area contributed by atoms with Crippen molar-refractivity contribution in [3.05, 3.63) is 28.8 Å². The minimum absolute atomic E-state index is 0.0150. The molecule has 7 heteroatoms. The van der Waals surface area contributed by atoms with Crippen LogP contribution in [0.2, 0.25) is 5.02 Å². The predicted molar refractivity (Wildman–Crippen MR) is 73.7 cm³/mol. The summed E-state index contributed by atoms with van der Waals surface area (Å²) < 4.78 is 29.3. The van der Waals surface area contributed by atoms with Gasteiger partial charge in [0.1, 0.15) is 5.75 Å². The van der Waals surface area contributed by atoms with Crippen molar-refractivity contribution >= 4 is 17.6 Å². The van der Waals surface area contributed by atoms with Crippen LogP contribution in [0.25, 0.3) is 0 Å². The van der Waals surface area contributed by atoms with Gasteiger partial charge in [-0.3, -0.25) is 9.69 Å². The van der Waals surface area contributed by atoms with Crippen molar-refractivity contribution < 1.29 is 23.4 Å². The SMILES string of the molecule is C[C@@H]1CN(Cc2cc(Cl)ccc2OC(F)F)C[C@H]1C(=O)O. The summed E-state index contributed by atoms with van der Waals surface area (Å²) in [4.78, 5) is 13.0. The number of halogens is 3. The smallest absolute Gasteiger partial charge is 0.387 e. The van der Waals surface area contributed by atoms with Crippen LogP contribution in [-0.2, 0) is 11.3 Å². The lowest BCUT2D eigenvalue weighted by molar-refractivity contribution is -0.142. The quantitative estimate of drug-likeness (QED) is 0.906. The number of alkyl halides is 2. The predicted octanol–water partition coefficient (Wildman–Crippen LogP) is 3.09. The maximum absolute atomic E-state index is 12.4. The number of benzene rings is 1. The summed E-state index contributed by atoms with van der Waals surface area (Å²) in [6, 6.07) is 4.45. The molecule has 116 valence electrons. The number of carboxylic acid groups (broad SMARTS) is 1. The van der Waals surface area contributed by atoms with Crippen molar-refractivity contribution in [2.75, 3.05) is 13.1 Å². The molecular formula is C14H16ClF2NO3. The van der Waals surface area contributed by atoms with Crippen LogP contribution in [0, 0.1) is 11.8 Å². The number of carbonyl (C=O) groups is 1. The largest absolute Gasteiger partial charge is 0.481 e. The zero-order valence-corrected chi connectivity index (χ0v) is 12.2. The van der Waals surface area contributed by atoms with Gasteiger partial charge in [-0.2, -0.15) is 8.78 Å². The topological polar surface area (TPSA) is 49.8 Å². The number of ether oxygens (including phenoxy) is 1. The first-order valence-corrected chi connectivity index (χ1v) is 6.93. The van der Waals surface area contributed by atoms with Crippen molar-refractivity contribution in [2.24, 2.45) is 11.8 Å². The number of rotatable bonds is 5. The number of likely N-dealkylation sites (tertiary alicyclic amines) is 1. The van der Waals surface area contributed by atoms with Crippen molar-refractivity contribution in [2.45, 2.75) is 20.1 Å². The molecule has 1 aliphatic rings. The standard InChI is InChI=1S/C14H16ClF2NO3/c1-8-5-18(7-11(8)13(19)20)6-9-4-10(15)2-3-12(9)21-14(16)17/h2-4,8,11,14H,5-7H2,1H3,(H,19,20)/t8-,11-/m1/s1. The van der Waals surface area contributed by atoms with Gasteiger partial charge in [0.15, 0.2) is 0 Å². The molecule has 1 aromatic carbocycles. The molecule has 4 nitrogen and oxygen atoms in total. The fourth-order valence-electron chi connectivity index (χ4n) is 2.64. The highest BCUT2D eigenvalue weighted by molar-refractivity contribution is 6.30. The molecule has 2 atom stereocenters. The Hall–Kier alpha value is -1.40. The monoisotopic (exact) mass is 319 g/mol. The fraction of sp³-hybridized carbons (Fsp3) is 0.500. The van der Waals surface area contributed by atoms with Gasteiger partial charge in [0.2, 0.25) is 0 Å². The fourth-order valence-corrected chi connectivity index (χ4v) is 2.84. The summed E-state index contributed by atoms with van der Waals surface area (Å²) >= 11 is 5.89. The van der Waals surface area contributed by atoms with Gasteiger partial charge in [-0.25, -0.2) is 0 Å². The van der Waals surface area contributed by atoms with Gasteiger partial charge in [0, 0.05) is 30.2 Å². The highest BCUT2D eigenvalue weighted by atomic mass is 35.5. The molecule has 0 bridgehead atoms. The zero-order chi connectivity index (χ0) is 15.6. The lowest BCUT2D eigenvalue weighted by atomic mass is 9.99. The first-order chi connectivity index (χ1) is 9.86. The van der Waals surface area contributed by atoms with E-state index in [1.807, 2.05) is 11.8 Å². The van der Waals surface area contributed by atoms with E-state index < -0.39 is 18.5 Å². The molecule has 1 N–H and O–H groups in total. The lowest BCUT2D eigenvalue weighted by Crippen LogP contribution is -2.23. The Bertz CT molecular complexity index is 527. The molecule has 1 fully saturated rings. The Morgan fingerprint density at radius 1 is 1.52 bits per heavy atom. The van der Waals surface area contributed by atoms with Gasteiger partial charge in [0.05, 0.1) is 5.92 Å². The summed E-state index contributed by atoms with van der Waals surface area (Å²) in [5.41, 5.74) is 0.529. The number of carboxylic acids is 1. The molecule has 0 amide bonds. The van der Waals surface area contributed by atoms with Crippen LogP contribution >= 0.6 is 11.6 Å². The number of hydrogen-bond acceptors (Lipinski definition) is 3. The molecule has 0 aliphatic carbocycles. The van der Waals surface area contributed by atoms with E-state index in [0.29, 0.717) is 30.2 Å². The number of nitrogens with zero attached hydrogens (tertiary/aromatic N) is 1. The van der Waals surface area contributed by atoms with Gasteiger partial charge >= 0.3 is 12.6 Å². The maximum atomic E-state index is 12.4. The van der Waals surface area contributed by atoms with Crippen LogP contribution in [0.5, 0.6) is 5.75 Å². The normalized spacial score (nSPS) is 22.7. The van der Waals surface area contributed by atoms with Crippen LogP contribution in [0.15, 0.2) is 18.2 Å². The number of aliphatic carboxylic acids is 1. The number of hydrogen-bond donors (Lipinski definition) is 1. The summed E-state index contributed by atoms with van der Waals surface area (Å²) in [7, 11) is 0. The van der Waals surface area contributed by atoms with Gasteiger partial charge in [-0.1, -0.05) is 18.5 Å². The molecule has 21 heavy (non-hydrogen) atoms. The van der Waals surface area contributed by atoms with Crippen molar-refractivity contribution in [3.63, 3.8) is 0 Å².